The van der Waals surface area contributed by atoms with Gasteiger partial charge in [0.1, 0.15) is 23.6 Å². The van der Waals surface area contributed by atoms with Crippen LogP contribution in [0.5, 0.6) is 0 Å². The van der Waals surface area contributed by atoms with Gasteiger partial charge in [0.2, 0.25) is 17.7 Å². The fraction of sp³-hybridized carbons (Fsp3) is 0.618. The van der Waals surface area contributed by atoms with Crippen molar-refractivity contribution in [3.05, 3.63) is 47.5 Å². The topological polar surface area (TPSA) is 129 Å². The van der Waals surface area contributed by atoms with Crippen LogP contribution in [0, 0.1) is 23.6 Å². The summed E-state index contributed by atoms with van der Waals surface area (Å²) in [5, 5.41) is 12.8. The molecule has 11 nitrogen and oxygen atoms in total. The van der Waals surface area contributed by atoms with Gasteiger partial charge >= 0.3 is 0 Å². The molecule has 3 N–H and O–H groups in total. The summed E-state index contributed by atoms with van der Waals surface area (Å²) < 4.78 is 17.3. The van der Waals surface area contributed by atoms with E-state index in [-0.39, 0.29) is 41.8 Å². The third kappa shape index (κ3) is 7.59. The number of nitrogens with zero attached hydrogens (tertiary/aromatic N) is 4. The molecule has 1 aromatic carbocycles. The predicted octanol–water partition coefficient (Wildman–Crippen LogP) is 3.38. The van der Waals surface area contributed by atoms with Crippen molar-refractivity contribution in [3.8, 4) is 0 Å². The fourth-order valence-electron chi connectivity index (χ4n) is 6.86. The Bertz CT molecular complexity index is 1430. The standard InChI is InChI=1S/C34H48FN7O4/c1-6-28(43)38-30(34(46)41-17-16-40(5)19-20(41)3)21(4)24-12-13-26(25(35)18-24)37-33(45)31(29(22-8-9-22)23-10-11-23)39-32(44)27-14-15-36-42(27)7-2/h12-15,18,20-23,29-31H,6-11,16-17,19H2,1-5H3,(H,37,45)(H,38,43)(H,39,44)/t20-,21-,30+,31-/m0/s1. The Morgan fingerprint density at radius 2 is 1.70 bits per heavy atom. The van der Waals surface area contributed by atoms with Gasteiger partial charge in [-0.2, -0.15) is 5.10 Å². The second kappa shape index (κ2) is 14.3. The van der Waals surface area contributed by atoms with E-state index in [2.05, 4.69) is 25.9 Å². The summed E-state index contributed by atoms with van der Waals surface area (Å²) in [4.78, 5) is 57.3. The van der Waals surface area contributed by atoms with Crippen LogP contribution in [0.25, 0.3) is 0 Å². The van der Waals surface area contributed by atoms with Crippen molar-refractivity contribution in [1.82, 2.24) is 30.2 Å². The highest BCUT2D eigenvalue weighted by atomic mass is 19.1. The third-order valence-electron chi connectivity index (χ3n) is 9.83. The van der Waals surface area contributed by atoms with Crippen molar-refractivity contribution in [2.45, 2.75) is 90.4 Å². The number of anilines is 1. The van der Waals surface area contributed by atoms with Gasteiger partial charge in [-0.25, -0.2) is 4.39 Å². The molecule has 0 bridgehead atoms. The van der Waals surface area contributed by atoms with Crippen LogP contribution < -0.4 is 16.0 Å². The van der Waals surface area contributed by atoms with Gasteiger partial charge in [0.05, 0.1) is 5.69 Å². The number of amides is 4. The molecule has 250 valence electrons. The molecule has 0 radical (unpaired) electrons. The Balaban J connectivity index is 1.34. The molecule has 4 atom stereocenters. The van der Waals surface area contributed by atoms with E-state index in [9.17, 15) is 19.2 Å². The van der Waals surface area contributed by atoms with E-state index in [4.69, 9.17) is 0 Å². The predicted molar refractivity (Wildman–Crippen MR) is 172 cm³/mol. The van der Waals surface area contributed by atoms with E-state index >= 15 is 4.39 Å². The summed E-state index contributed by atoms with van der Waals surface area (Å²) in [6, 6.07) is 4.41. The van der Waals surface area contributed by atoms with Gasteiger partial charge in [-0.15, -0.1) is 0 Å². The van der Waals surface area contributed by atoms with Crippen LogP contribution >= 0.6 is 0 Å². The molecule has 3 fully saturated rings. The molecular weight excluding hydrogens is 589 g/mol. The largest absolute Gasteiger partial charge is 0.344 e. The van der Waals surface area contributed by atoms with E-state index < -0.39 is 29.7 Å². The van der Waals surface area contributed by atoms with E-state index in [0.29, 0.717) is 36.2 Å². The molecular formula is C34H48FN7O4. The highest BCUT2D eigenvalue weighted by Crippen LogP contribution is 2.51. The lowest BCUT2D eigenvalue weighted by Crippen LogP contribution is -2.59. The lowest BCUT2D eigenvalue weighted by molar-refractivity contribution is -0.140. The quantitative estimate of drug-likeness (QED) is 0.309. The molecule has 3 aliphatic rings. The molecule has 2 heterocycles. The van der Waals surface area contributed by atoms with Crippen molar-refractivity contribution in [2.24, 2.45) is 17.8 Å². The van der Waals surface area contributed by atoms with Crippen molar-refractivity contribution >= 4 is 29.3 Å². The zero-order valence-corrected chi connectivity index (χ0v) is 27.6. The Morgan fingerprint density at radius 1 is 1.00 bits per heavy atom. The van der Waals surface area contributed by atoms with Crippen molar-refractivity contribution in [1.29, 1.82) is 0 Å². The lowest BCUT2D eigenvalue weighted by Gasteiger charge is -2.41. The maximum atomic E-state index is 15.7. The molecule has 46 heavy (non-hydrogen) atoms. The smallest absolute Gasteiger partial charge is 0.270 e. The molecule has 4 amide bonds. The normalized spacial score (nSPS) is 20.6. The molecule has 0 unspecified atom stereocenters. The molecule has 2 aromatic rings. The zero-order chi connectivity index (χ0) is 33.1. The molecule has 1 aliphatic heterocycles. The third-order valence-corrected chi connectivity index (χ3v) is 9.83. The minimum absolute atomic E-state index is 0.00250. The van der Waals surface area contributed by atoms with Gasteiger partial charge in [-0.05, 0) is 88.1 Å². The van der Waals surface area contributed by atoms with E-state index in [1.807, 2.05) is 20.9 Å². The molecule has 2 aliphatic carbocycles. The summed E-state index contributed by atoms with van der Waals surface area (Å²) in [6.45, 7) is 9.91. The Labute approximate surface area is 270 Å². The van der Waals surface area contributed by atoms with Crippen LogP contribution in [0.4, 0.5) is 10.1 Å². The number of hydrogen-bond acceptors (Lipinski definition) is 6. The van der Waals surface area contributed by atoms with Crippen molar-refractivity contribution in [3.63, 3.8) is 0 Å². The highest BCUT2D eigenvalue weighted by molar-refractivity contribution is 6.01. The first kappa shape index (κ1) is 33.6. The lowest BCUT2D eigenvalue weighted by atomic mass is 9.88. The van der Waals surface area contributed by atoms with Crippen LogP contribution in [-0.4, -0.2) is 88.0 Å². The van der Waals surface area contributed by atoms with Gasteiger partial charge < -0.3 is 25.8 Å². The van der Waals surface area contributed by atoms with E-state index in [1.54, 1.807) is 41.8 Å². The van der Waals surface area contributed by atoms with Gasteiger partial charge in [-0.3, -0.25) is 23.9 Å². The Morgan fingerprint density at radius 3 is 2.28 bits per heavy atom. The van der Waals surface area contributed by atoms with E-state index in [0.717, 1.165) is 38.8 Å². The molecule has 1 saturated heterocycles. The number of carbonyl (C=O) groups excluding carboxylic acids is 4. The SMILES string of the molecule is CCC(=O)N[C@@H](C(=O)N1CCN(C)C[C@@H]1C)[C@@H](C)c1ccc(NC(=O)[C@@H](NC(=O)c2ccnn2CC)C(C2CC2)C2CC2)c(F)c1. The summed E-state index contributed by atoms with van der Waals surface area (Å²) >= 11 is 0. The Hall–Kier alpha value is -3.80. The zero-order valence-electron chi connectivity index (χ0n) is 27.6. The summed E-state index contributed by atoms with van der Waals surface area (Å²) in [7, 11) is 2.01. The van der Waals surface area contributed by atoms with Gasteiger partial charge in [0, 0.05) is 50.8 Å². The molecule has 1 aromatic heterocycles. The average molecular weight is 638 g/mol. The first-order valence-electron chi connectivity index (χ1n) is 16.7. The first-order valence-corrected chi connectivity index (χ1v) is 16.7. The minimum atomic E-state index is -0.868. The van der Waals surface area contributed by atoms with Crippen LogP contribution in [0.1, 0.15) is 81.8 Å². The van der Waals surface area contributed by atoms with Crippen LogP contribution in [0.3, 0.4) is 0 Å². The number of nitrogens with one attached hydrogen (secondary N) is 3. The minimum Gasteiger partial charge on any atom is -0.344 e. The van der Waals surface area contributed by atoms with E-state index in [1.165, 1.54) is 12.1 Å². The maximum Gasteiger partial charge on any atom is 0.270 e. The highest BCUT2D eigenvalue weighted by Gasteiger charge is 2.48. The number of benzene rings is 1. The Kier molecular flexibility index (Phi) is 10.4. The number of aromatic nitrogens is 2. The van der Waals surface area contributed by atoms with Gasteiger partial charge in [0.25, 0.3) is 5.91 Å². The molecule has 2 saturated carbocycles. The monoisotopic (exact) mass is 637 g/mol. The number of likely N-dealkylation sites (N-methyl/N-ethyl adjacent to an activating group) is 1. The van der Waals surface area contributed by atoms with Gasteiger partial charge in [0.15, 0.2) is 0 Å². The van der Waals surface area contributed by atoms with Crippen LogP contribution in [-0.2, 0) is 20.9 Å². The van der Waals surface area contributed by atoms with Crippen LogP contribution in [0.2, 0.25) is 0 Å². The fourth-order valence-corrected chi connectivity index (χ4v) is 6.86. The first-order chi connectivity index (χ1) is 22.0. The average Bonchev–Trinajstić information content (AvgIpc) is 3.98. The van der Waals surface area contributed by atoms with Crippen molar-refractivity contribution < 1.29 is 23.6 Å². The number of aryl methyl sites for hydroxylation is 1. The summed E-state index contributed by atoms with van der Waals surface area (Å²) in [5.74, 6) is -1.78. The maximum absolute atomic E-state index is 15.7. The second-order valence-electron chi connectivity index (χ2n) is 13.3. The molecule has 5 rings (SSSR count). The van der Waals surface area contributed by atoms with Gasteiger partial charge in [-0.1, -0.05) is 19.9 Å². The van der Waals surface area contributed by atoms with Crippen LogP contribution in [0.15, 0.2) is 30.5 Å². The number of halogens is 1. The molecule has 0 spiro atoms. The summed E-state index contributed by atoms with van der Waals surface area (Å²) in [6.07, 6.45) is 5.82. The number of hydrogen-bond donors (Lipinski definition) is 3. The number of carbonyl (C=O) groups is 4. The molecule has 12 heteroatoms. The summed E-state index contributed by atoms with van der Waals surface area (Å²) in [5.41, 5.74) is 0.899. The number of piperazine rings is 1. The van der Waals surface area contributed by atoms with Crippen molar-refractivity contribution in [2.75, 3.05) is 32.0 Å². The number of rotatable bonds is 13. The second-order valence-corrected chi connectivity index (χ2v) is 13.3.